The molecule has 2 aromatic rings. The second-order valence-corrected chi connectivity index (χ2v) is 5.95. The number of hydrogen-bond acceptors (Lipinski definition) is 3. The third-order valence-corrected chi connectivity index (χ3v) is 4.57. The van der Waals surface area contributed by atoms with E-state index < -0.39 is 18.1 Å². The Labute approximate surface area is 133 Å². The van der Waals surface area contributed by atoms with Gasteiger partial charge in [0.2, 0.25) is 0 Å². The number of carbonyl (C=O) groups is 2. The average Bonchev–Trinajstić information content (AvgIpc) is 3.15. The van der Waals surface area contributed by atoms with Gasteiger partial charge < -0.3 is 10.4 Å². The van der Waals surface area contributed by atoms with E-state index in [4.69, 9.17) is 0 Å². The third kappa shape index (κ3) is 2.16. The number of para-hydroxylation sites is 2. The Morgan fingerprint density at radius 2 is 1.70 bits per heavy atom. The highest BCUT2D eigenvalue weighted by Crippen LogP contribution is 2.35. The second kappa shape index (κ2) is 5.12. The molecule has 2 heterocycles. The van der Waals surface area contributed by atoms with Crippen LogP contribution in [0.25, 0.3) is 0 Å². The first-order valence-corrected chi connectivity index (χ1v) is 7.63. The van der Waals surface area contributed by atoms with E-state index in [2.05, 4.69) is 5.32 Å². The number of benzene rings is 2. The summed E-state index contributed by atoms with van der Waals surface area (Å²) in [7, 11) is 0. The summed E-state index contributed by atoms with van der Waals surface area (Å²) in [6.45, 7) is 0. The Kier molecular flexibility index (Phi) is 3.08. The highest BCUT2D eigenvalue weighted by molar-refractivity contribution is 6.06. The molecule has 2 atom stereocenters. The van der Waals surface area contributed by atoms with E-state index >= 15 is 0 Å². The Morgan fingerprint density at radius 3 is 2.43 bits per heavy atom. The molecule has 2 N–H and O–H groups in total. The van der Waals surface area contributed by atoms with Gasteiger partial charge in [0.1, 0.15) is 12.1 Å². The molecule has 0 spiro atoms. The maximum atomic E-state index is 13.0. The van der Waals surface area contributed by atoms with Crippen molar-refractivity contribution >= 4 is 23.3 Å². The van der Waals surface area contributed by atoms with Crippen LogP contribution in [0.2, 0.25) is 0 Å². The smallest absolute Gasteiger partial charge is 0.327 e. The minimum absolute atomic E-state index is 0.182. The molecule has 116 valence electrons. The number of carboxylic acid groups (broad SMARTS) is 1. The lowest BCUT2D eigenvalue weighted by Gasteiger charge is -2.26. The molecule has 0 bridgehead atoms. The number of aliphatic carboxylic acids is 1. The largest absolute Gasteiger partial charge is 0.480 e. The van der Waals surface area contributed by atoms with Gasteiger partial charge in [-0.15, -0.1) is 0 Å². The first-order chi connectivity index (χ1) is 11.1. The van der Waals surface area contributed by atoms with E-state index in [0.29, 0.717) is 18.5 Å². The van der Waals surface area contributed by atoms with Crippen LogP contribution in [-0.4, -0.2) is 29.1 Å². The highest BCUT2D eigenvalue weighted by Gasteiger charge is 2.41. The van der Waals surface area contributed by atoms with Crippen molar-refractivity contribution in [3.8, 4) is 0 Å². The lowest BCUT2D eigenvalue weighted by atomic mass is 10.1. The Morgan fingerprint density at radius 1 is 1.00 bits per heavy atom. The molecule has 2 aromatic carbocycles. The van der Waals surface area contributed by atoms with Gasteiger partial charge in [0.25, 0.3) is 5.91 Å². The summed E-state index contributed by atoms with van der Waals surface area (Å²) in [6.07, 6.45) is 0.941. The van der Waals surface area contributed by atoms with Crippen LogP contribution in [0.3, 0.4) is 0 Å². The average molecular weight is 308 g/mol. The van der Waals surface area contributed by atoms with E-state index in [9.17, 15) is 14.7 Å². The first kappa shape index (κ1) is 13.8. The van der Waals surface area contributed by atoms with Crippen molar-refractivity contribution in [2.75, 3.05) is 10.2 Å². The van der Waals surface area contributed by atoms with Crippen LogP contribution in [0.15, 0.2) is 48.5 Å². The van der Waals surface area contributed by atoms with Crippen LogP contribution in [-0.2, 0) is 22.4 Å². The minimum atomic E-state index is -0.968. The summed E-state index contributed by atoms with van der Waals surface area (Å²) in [5.74, 6) is -1.15. The number of amides is 1. The predicted octanol–water partition coefficient (Wildman–Crippen LogP) is 2.07. The normalized spacial score (nSPS) is 21.5. The van der Waals surface area contributed by atoms with Crippen molar-refractivity contribution in [2.24, 2.45) is 0 Å². The maximum Gasteiger partial charge on any atom is 0.327 e. The van der Waals surface area contributed by atoms with Gasteiger partial charge in [0, 0.05) is 24.2 Å². The Bertz CT molecular complexity index is 777. The zero-order valence-corrected chi connectivity index (χ0v) is 12.4. The highest BCUT2D eigenvalue weighted by atomic mass is 16.4. The van der Waals surface area contributed by atoms with Crippen LogP contribution in [0.1, 0.15) is 11.1 Å². The lowest BCUT2D eigenvalue weighted by Crippen LogP contribution is -2.49. The number of nitrogens with zero attached hydrogens (tertiary/aromatic N) is 1. The first-order valence-electron chi connectivity index (χ1n) is 7.63. The van der Waals surface area contributed by atoms with Crippen molar-refractivity contribution < 1.29 is 14.7 Å². The molecule has 23 heavy (non-hydrogen) atoms. The number of rotatable bonds is 2. The van der Waals surface area contributed by atoms with Gasteiger partial charge in [0.05, 0.1) is 0 Å². The summed E-state index contributed by atoms with van der Waals surface area (Å²) in [6, 6.07) is 14.0. The molecule has 0 aromatic heterocycles. The van der Waals surface area contributed by atoms with E-state index in [1.165, 1.54) is 4.90 Å². The van der Waals surface area contributed by atoms with Gasteiger partial charge in [-0.1, -0.05) is 36.4 Å². The maximum absolute atomic E-state index is 13.0. The molecule has 0 saturated carbocycles. The monoisotopic (exact) mass is 308 g/mol. The number of hydrogen-bond donors (Lipinski definition) is 2. The molecule has 0 saturated heterocycles. The van der Waals surface area contributed by atoms with Gasteiger partial charge in [-0.2, -0.15) is 0 Å². The predicted molar refractivity (Wildman–Crippen MR) is 86.6 cm³/mol. The zero-order chi connectivity index (χ0) is 16.0. The fourth-order valence-corrected chi connectivity index (χ4v) is 3.47. The van der Waals surface area contributed by atoms with Crippen LogP contribution in [0.4, 0.5) is 11.4 Å². The molecule has 1 amide bonds. The third-order valence-electron chi connectivity index (χ3n) is 4.57. The summed E-state index contributed by atoms with van der Waals surface area (Å²) in [5, 5.41) is 12.7. The van der Waals surface area contributed by atoms with Gasteiger partial charge in [-0.25, -0.2) is 4.79 Å². The summed E-state index contributed by atoms with van der Waals surface area (Å²) in [4.78, 5) is 26.0. The van der Waals surface area contributed by atoms with E-state index in [1.807, 2.05) is 48.5 Å². The molecule has 2 aliphatic rings. The van der Waals surface area contributed by atoms with Gasteiger partial charge in [0.15, 0.2) is 0 Å². The summed E-state index contributed by atoms with van der Waals surface area (Å²) < 4.78 is 0. The summed E-state index contributed by atoms with van der Waals surface area (Å²) >= 11 is 0. The SMILES string of the molecule is O=C(O)C1Cc2ccccc2N1C(=O)C1Cc2ccccc2N1. The molecule has 2 unspecified atom stereocenters. The van der Waals surface area contributed by atoms with Crippen LogP contribution in [0, 0.1) is 0 Å². The van der Waals surface area contributed by atoms with E-state index in [0.717, 1.165) is 16.8 Å². The summed E-state index contributed by atoms with van der Waals surface area (Å²) in [5.41, 5.74) is 3.65. The van der Waals surface area contributed by atoms with Gasteiger partial charge in [-0.05, 0) is 23.3 Å². The van der Waals surface area contributed by atoms with Crippen molar-refractivity contribution in [1.29, 1.82) is 0 Å². The van der Waals surface area contributed by atoms with Crippen molar-refractivity contribution in [1.82, 2.24) is 0 Å². The fraction of sp³-hybridized carbons (Fsp3) is 0.222. The molecule has 5 heteroatoms. The number of carbonyl (C=O) groups excluding carboxylic acids is 1. The second-order valence-electron chi connectivity index (χ2n) is 5.95. The number of fused-ring (bicyclic) bond motifs is 2. The minimum Gasteiger partial charge on any atom is -0.480 e. The molecule has 0 aliphatic carbocycles. The molecule has 4 rings (SSSR count). The van der Waals surface area contributed by atoms with Crippen molar-refractivity contribution in [3.05, 3.63) is 59.7 Å². The molecular formula is C18H16N2O3. The molecule has 0 radical (unpaired) electrons. The van der Waals surface area contributed by atoms with Crippen LogP contribution in [0.5, 0.6) is 0 Å². The molecule has 5 nitrogen and oxygen atoms in total. The van der Waals surface area contributed by atoms with Crippen LogP contribution < -0.4 is 10.2 Å². The van der Waals surface area contributed by atoms with Crippen molar-refractivity contribution in [3.63, 3.8) is 0 Å². The quantitative estimate of drug-likeness (QED) is 0.891. The number of anilines is 2. The molecule has 0 fully saturated rings. The van der Waals surface area contributed by atoms with Crippen molar-refractivity contribution in [2.45, 2.75) is 24.9 Å². The van der Waals surface area contributed by atoms with E-state index in [1.54, 1.807) is 0 Å². The van der Waals surface area contributed by atoms with Gasteiger partial charge in [-0.3, -0.25) is 9.69 Å². The fourth-order valence-electron chi connectivity index (χ4n) is 3.47. The number of nitrogens with one attached hydrogen (secondary N) is 1. The Hall–Kier alpha value is -2.82. The van der Waals surface area contributed by atoms with Crippen LogP contribution >= 0.6 is 0 Å². The van der Waals surface area contributed by atoms with E-state index in [-0.39, 0.29) is 5.91 Å². The Balaban J connectivity index is 1.66. The molecular weight excluding hydrogens is 292 g/mol. The molecule has 2 aliphatic heterocycles. The number of carboxylic acids is 1. The standard InChI is InChI=1S/C18H16N2O3/c21-17(14-9-11-5-1-3-7-13(11)19-14)20-15-8-4-2-6-12(15)10-16(20)18(22)23/h1-8,14,16,19H,9-10H2,(H,22,23). The zero-order valence-electron chi connectivity index (χ0n) is 12.4. The lowest BCUT2D eigenvalue weighted by molar-refractivity contribution is -0.139. The topological polar surface area (TPSA) is 69.6 Å². The van der Waals surface area contributed by atoms with Gasteiger partial charge >= 0.3 is 5.97 Å².